The molecule has 1 fully saturated rings. The first kappa shape index (κ1) is 21.7. The van der Waals surface area contributed by atoms with Crippen LogP contribution in [-0.4, -0.2) is 56.3 Å². The summed E-state index contributed by atoms with van der Waals surface area (Å²) >= 11 is 1.49. The topological polar surface area (TPSA) is 63.7 Å². The standard InChI is InChI=1S/C24H29N3O3S/c1-16-6-7-17(20(13-16)30-3)14-27-11-8-18(15-27)21-19-5-4-9-26-24(19)31-22(21)23(28)25-10-12-29-2/h4-7,9,13,18H,8,10-12,14-15H2,1-3H3,(H,25,28). The molecular weight excluding hydrogens is 410 g/mol. The molecule has 4 rings (SSSR count). The van der Waals surface area contributed by atoms with Crippen molar-refractivity contribution in [1.82, 2.24) is 15.2 Å². The third-order valence-electron chi connectivity index (χ3n) is 5.82. The number of rotatable bonds is 8. The van der Waals surface area contributed by atoms with Gasteiger partial charge in [-0.1, -0.05) is 18.2 Å². The molecule has 6 nitrogen and oxygen atoms in total. The van der Waals surface area contributed by atoms with Crippen LogP contribution in [0.2, 0.25) is 0 Å². The van der Waals surface area contributed by atoms with E-state index in [4.69, 9.17) is 9.47 Å². The Hall–Kier alpha value is -2.48. The maximum Gasteiger partial charge on any atom is 0.261 e. The zero-order chi connectivity index (χ0) is 21.8. The molecule has 0 spiro atoms. The maximum absolute atomic E-state index is 12.9. The van der Waals surface area contributed by atoms with E-state index in [-0.39, 0.29) is 5.91 Å². The predicted molar refractivity (Wildman–Crippen MR) is 124 cm³/mol. The summed E-state index contributed by atoms with van der Waals surface area (Å²) in [4.78, 5) is 21.6. The highest BCUT2D eigenvalue weighted by Gasteiger charge is 2.31. The highest BCUT2D eigenvalue weighted by Crippen LogP contribution is 2.40. The largest absolute Gasteiger partial charge is 0.496 e. The van der Waals surface area contributed by atoms with Crippen LogP contribution in [0.15, 0.2) is 36.5 Å². The lowest BCUT2D eigenvalue weighted by molar-refractivity contribution is 0.0940. The number of hydrogen-bond acceptors (Lipinski definition) is 6. The van der Waals surface area contributed by atoms with E-state index in [2.05, 4.69) is 46.4 Å². The Labute approximate surface area is 187 Å². The van der Waals surface area contributed by atoms with Crippen molar-refractivity contribution >= 4 is 27.5 Å². The van der Waals surface area contributed by atoms with Crippen LogP contribution in [-0.2, 0) is 11.3 Å². The molecule has 0 radical (unpaired) electrons. The van der Waals surface area contributed by atoms with E-state index in [1.165, 1.54) is 22.5 Å². The molecule has 2 aromatic heterocycles. The predicted octanol–water partition coefficient (Wildman–Crippen LogP) is 3.98. The molecule has 0 saturated carbocycles. The number of carbonyl (C=O) groups excluding carboxylic acids is 1. The molecule has 1 saturated heterocycles. The van der Waals surface area contributed by atoms with Crippen LogP contribution >= 0.6 is 11.3 Å². The summed E-state index contributed by atoms with van der Waals surface area (Å²) < 4.78 is 10.7. The number of methoxy groups -OCH3 is 2. The molecule has 1 aromatic carbocycles. The van der Waals surface area contributed by atoms with Gasteiger partial charge in [-0.25, -0.2) is 4.98 Å². The molecule has 0 aliphatic carbocycles. The Morgan fingerprint density at radius 1 is 1.32 bits per heavy atom. The van der Waals surface area contributed by atoms with Crippen molar-refractivity contribution in [2.45, 2.75) is 25.8 Å². The Kier molecular flexibility index (Phi) is 6.85. The van der Waals surface area contributed by atoms with Crippen LogP contribution in [0.4, 0.5) is 0 Å². The maximum atomic E-state index is 12.9. The molecule has 3 heterocycles. The summed E-state index contributed by atoms with van der Waals surface area (Å²) in [6, 6.07) is 10.4. The number of aromatic nitrogens is 1. The van der Waals surface area contributed by atoms with E-state index in [1.54, 1.807) is 20.4 Å². The summed E-state index contributed by atoms with van der Waals surface area (Å²) in [6.45, 7) is 5.82. The quantitative estimate of drug-likeness (QED) is 0.538. The van der Waals surface area contributed by atoms with Crippen LogP contribution in [0.5, 0.6) is 5.75 Å². The number of amides is 1. The highest BCUT2D eigenvalue weighted by atomic mass is 32.1. The second-order valence-electron chi connectivity index (χ2n) is 7.99. The molecule has 1 amide bonds. The number of hydrogen-bond donors (Lipinski definition) is 1. The van der Waals surface area contributed by atoms with Crippen molar-refractivity contribution in [2.24, 2.45) is 0 Å². The molecular formula is C24H29N3O3S. The number of fused-ring (bicyclic) bond motifs is 1. The molecule has 164 valence electrons. The van der Waals surface area contributed by atoms with Crippen LogP contribution in [0, 0.1) is 6.92 Å². The molecule has 1 atom stereocenters. The fourth-order valence-electron chi connectivity index (χ4n) is 4.31. The van der Waals surface area contributed by atoms with E-state index < -0.39 is 0 Å². The number of ether oxygens (including phenoxy) is 2. The third-order valence-corrected chi connectivity index (χ3v) is 6.95. The minimum absolute atomic E-state index is 0.0336. The number of nitrogens with zero attached hydrogens (tertiary/aromatic N) is 2. The number of likely N-dealkylation sites (tertiary alicyclic amines) is 1. The van der Waals surface area contributed by atoms with Crippen molar-refractivity contribution < 1.29 is 14.3 Å². The van der Waals surface area contributed by atoms with E-state index in [0.717, 1.165) is 52.5 Å². The van der Waals surface area contributed by atoms with Crippen molar-refractivity contribution in [3.63, 3.8) is 0 Å². The van der Waals surface area contributed by atoms with E-state index in [1.807, 2.05) is 6.07 Å². The van der Waals surface area contributed by atoms with Crippen molar-refractivity contribution in [3.8, 4) is 5.75 Å². The number of benzene rings is 1. The van der Waals surface area contributed by atoms with Gasteiger partial charge < -0.3 is 14.8 Å². The lowest BCUT2D eigenvalue weighted by Crippen LogP contribution is -2.27. The van der Waals surface area contributed by atoms with Crippen LogP contribution in [0.3, 0.4) is 0 Å². The SMILES string of the molecule is COCCNC(=O)c1sc2ncccc2c1C1CCN(Cc2ccc(C)cc2OC)C1. The van der Waals surface area contributed by atoms with Gasteiger partial charge in [-0.15, -0.1) is 11.3 Å². The summed E-state index contributed by atoms with van der Waals surface area (Å²) in [6.07, 6.45) is 2.81. The van der Waals surface area contributed by atoms with E-state index in [9.17, 15) is 4.79 Å². The van der Waals surface area contributed by atoms with E-state index >= 15 is 0 Å². The number of pyridine rings is 1. The Bertz CT molecular complexity index is 1070. The molecule has 1 N–H and O–H groups in total. The first-order chi connectivity index (χ1) is 15.1. The molecule has 7 heteroatoms. The Balaban J connectivity index is 1.56. The number of carbonyl (C=O) groups is 1. The zero-order valence-corrected chi connectivity index (χ0v) is 19.1. The normalized spacial score (nSPS) is 16.7. The Morgan fingerprint density at radius 2 is 2.19 bits per heavy atom. The van der Waals surface area contributed by atoms with E-state index in [0.29, 0.717) is 19.1 Å². The molecule has 1 aliphatic heterocycles. The number of thiophene rings is 1. The molecule has 0 bridgehead atoms. The smallest absolute Gasteiger partial charge is 0.261 e. The fourth-order valence-corrected chi connectivity index (χ4v) is 5.45. The number of aryl methyl sites for hydroxylation is 1. The lowest BCUT2D eigenvalue weighted by atomic mass is 9.95. The van der Waals surface area contributed by atoms with Crippen molar-refractivity contribution in [3.05, 3.63) is 58.1 Å². The minimum atomic E-state index is -0.0336. The van der Waals surface area contributed by atoms with Crippen molar-refractivity contribution in [1.29, 1.82) is 0 Å². The molecule has 1 aliphatic rings. The average Bonchev–Trinajstić information content (AvgIpc) is 3.39. The van der Waals surface area contributed by atoms with Gasteiger partial charge in [0.15, 0.2) is 0 Å². The van der Waals surface area contributed by atoms with Gasteiger partial charge in [-0.2, -0.15) is 0 Å². The van der Waals surface area contributed by atoms with Crippen LogP contribution in [0.1, 0.15) is 38.7 Å². The summed E-state index contributed by atoms with van der Waals surface area (Å²) in [7, 11) is 3.36. The first-order valence-corrected chi connectivity index (χ1v) is 11.4. The summed E-state index contributed by atoms with van der Waals surface area (Å²) in [5, 5.41) is 4.09. The molecule has 1 unspecified atom stereocenters. The zero-order valence-electron chi connectivity index (χ0n) is 18.3. The number of nitrogens with one attached hydrogen (secondary N) is 1. The van der Waals surface area contributed by atoms with Gasteiger partial charge in [0, 0.05) is 49.8 Å². The first-order valence-electron chi connectivity index (χ1n) is 10.6. The molecule has 31 heavy (non-hydrogen) atoms. The minimum Gasteiger partial charge on any atom is -0.496 e. The van der Waals surface area contributed by atoms with Gasteiger partial charge in [0.25, 0.3) is 5.91 Å². The van der Waals surface area contributed by atoms with Gasteiger partial charge in [-0.05, 0) is 43.1 Å². The van der Waals surface area contributed by atoms with Crippen LogP contribution < -0.4 is 10.1 Å². The van der Waals surface area contributed by atoms with Gasteiger partial charge in [-0.3, -0.25) is 9.69 Å². The summed E-state index contributed by atoms with van der Waals surface area (Å²) in [5.74, 6) is 1.21. The van der Waals surface area contributed by atoms with Crippen LogP contribution in [0.25, 0.3) is 10.2 Å². The second-order valence-corrected chi connectivity index (χ2v) is 8.98. The van der Waals surface area contributed by atoms with Gasteiger partial charge >= 0.3 is 0 Å². The lowest BCUT2D eigenvalue weighted by Gasteiger charge is -2.19. The van der Waals surface area contributed by atoms with Crippen molar-refractivity contribution in [2.75, 3.05) is 40.5 Å². The second kappa shape index (κ2) is 9.77. The van der Waals surface area contributed by atoms with Gasteiger partial charge in [0.2, 0.25) is 0 Å². The average molecular weight is 440 g/mol. The monoisotopic (exact) mass is 439 g/mol. The summed E-state index contributed by atoms with van der Waals surface area (Å²) in [5.41, 5.74) is 3.53. The highest BCUT2D eigenvalue weighted by molar-refractivity contribution is 7.20. The van der Waals surface area contributed by atoms with Gasteiger partial charge in [0.05, 0.1) is 18.6 Å². The third kappa shape index (κ3) is 4.74. The molecule has 3 aromatic rings. The van der Waals surface area contributed by atoms with Gasteiger partial charge in [0.1, 0.15) is 10.6 Å². The fraction of sp³-hybridized carbons (Fsp3) is 0.417. The Morgan fingerprint density at radius 3 is 3.00 bits per heavy atom.